The number of aryl methyl sites for hydroxylation is 1. The highest BCUT2D eigenvalue weighted by molar-refractivity contribution is 5.79. The number of aromatic nitrogens is 1. The van der Waals surface area contributed by atoms with E-state index in [-0.39, 0.29) is 17.9 Å². The van der Waals surface area contributed by atoms with E-state index < -0.39 is 0 Å². The van der Waals surface area contributed by atoms with Crippen molar-refractivity contribution in [1.82, 2.24) is 10.3 Å². The molecule has 1 amide bonds. The molecular weight excluding hydrogens is 240 g/mol. The van der Waals surface area contributed by atoms with Gasteiger partial charge in [0, 0.05) is 25.3 Å². The van der Waals surface area contributed by atoms with Crippen molar-refractivity contribution in [2.24, 2.45) is 5.92 Å². The topological polar surface area (TPSA) is 51.2 Å². The maximum Gasteiger partial charge on any atom is 0.223 e. The van der Waals surface area contributed by atoms with Crippen molar-refractivity contribution in [3.8, 4) is 0 Å². The minimum Gasteiger partial charge on any atom is -0.381 e. The van der Waals surface area contributed by atoms with E-state index in [4.69, 9.17) is 4.74 Å². The smallest absolute Gasteiger partial charge is 0.223 e. The minimum absolute atomic E-state index is 0.0101. The summed E-state index contributed by atoms with van der Waals surface area (Å²) in [7, 11) is 0. The Hall–Kier alpha value is -1.42. The lowest BCUT2D eigenvalue weighted by Gasteiger charge is -2.24. The molecule has 0 bridgehead atoms. The number of hydrogen-bond acceptors (Lipinski definition) is 3. The first-order valence-electron chi connectivity index (χ1n) is 7.01. The summed E-state index contributed by atoms with van der Waals surface area (Å²) in [6, 6.07) is 4.04. The van der Waals surface area contributed by atoms with Crippen molar-refractivity contribution in [1.29, 1.82) is 0 Å². The second-order valence-electron chi connectivity index (χ2n) is 5.12. The number of nitrogens with one attached hydrogen (secondary N) is 1. The van der Waals surface area contributed by atoms with Gasteiger partial charge in [0.15, 0.2) is 0 Å². The van der Waals surface area contributed by atoms with Gasteiger partial charge in [-0.1, -0.05) is 13.0 Å². The van der Waals surface area contributed by atoms with Crippen LogP contribution in [0.25, 0.3) is 0 Å². The van der Waals surface area contributed by atoms with Gasteiger partial charge >= 0.3 is 0 Å². The molecule has 4 nitrogen and oxygen atoms in total. The Morgan fingerprint density at radius 3 is 2.79 bits per heavy atom. The Kier molecular flexibility index (Phi) is 4.91. The van der Waals surface area contributed by atoms with Crippen LogP contribution in [0.4, 0.5) is 0 Å². The van der Waals surface area contributed by atoms with Gasteiger partial charge in [0.1, 0.15) is 0 Å². The third kappa shape index (κ3) is 3.77. The second kappa shape index (κ2) is 6.66. The lowest BCUT2D eigenvalue weighted by Crippen LogP contribution is -2.36. The Labute approximate surface area is 114 Å². The number of nitrogens with zero attached hydrogens (tertiary/aromatic N) is 1. The summed E-state index contributed by atoms with van der Waals surface area (Å²) >= 11 is 0. The highest BCUT2D eigenvalue weighted by atomic mass is 16.5. The SMILES string of the molecule is CCC(NC(=O)C1CCOCC1)c1ccc(C)cn1. The molecule has 1 unspecified atom stereocenters. The summed E-state index contributed by atoms with van der Waals surface area (Å²) in [5, 5.41) is 3.12. The van der Waals surface area contributed by atoms with Crippen molar-refractivity contribution >= 4 is 5.91 Å². The van der Waals surface area contributed by atoms with Gasteiger partial charge in [-0.15, -0.1) is 0 Å². The van der Waals surface area contributed by atoms with Crippen LogP contribution in [0.3, 0.4) is 0 Å². The van der Waals surface area contributed by atoms with Crippen molar-refractivity contribution in [3.05, 3.63) is 29.6 Å². The van der Waals surface area contributed by atoms with E-state index >= 15 is 0 Å². The first kappa shape index (κ1) is 14.0. The highest BCUT2D eigenvalue weighted by Gasteiger charge is 2.24. The van der Waals surface area contributed by atoms with Crippen LogP contribution >= 0.6 is 0 Å². The standard InChI is InChI=1S/C15H22N2O2/c1-3-13(14-5-4-11(2)10-16-14)17-15(18)12-6-8-19-9-7-12/h4-5,10,12-13H,3,6-9H2,1-2H3,(H,17,18). The van der Waals surface area contributed by atoms with Gasteiger partial charge in [-0.3, -0.25) is 9.78 Å². The summed E-state index contributed by atoms with van der Waals surface area (Å²) in [6.07, 6.45) is 4.34. The first-order valence-corrected chi connectivity index (χ1v) is 7.01. The fourth-order valence-corrected chi connectivity index (χ4v) is 2.32. The van der Waals surface area contributed by atoms with E-state index in [0.29, 0.717) is 13.2 Å². The molecule has 2 heterocycles. The summed E-state index contributed by atoms with van der Waals surface area (Å²) in [5.41, 5.74) is 2.07. The maximum absolute atomic E-state index is 12.2. The predicted molar refractivity (Wildman–Crippen MR) is 73.7 cm³/mol. The predicted octanol–water partition coefficient (Wildman–Crippen LogP) is 2.38. The van der Waals surface area contributed by atoms with Gasteiger partial charge in [-0.2, -0.15) is 0 Å². The van der Waals surface area contributed by atoms with Crippen LogP contribution < -0.4 is 5.32 Å². The van der Waals surface area contributed by atoms with Crippen LogP contribution in [-0.2, 0) is 9.53 Å². The molecule has 2 rings (SSSR count). The zero-order chi connectivity index (χ0) is 13.7. The monoisotopic (exact) mass is 262 g/mol. The lowest BCUT2D eigenvalue weighted by atomic mass is 9.98. The second-order valence-corrected chi connectivity index (χ2v) is 5.12. The van der Waals surface area contributed by atoms with Crippen LogP contribution in [0.5, 0.6) is 0 Å². The molecule has 1 aliphatic heterocycles. The number of ether oxygens (including phenoxy) is 1. The molecule has 0 saturated carbocycles. The van der Waals surface area contributed by atoms with Crippen molar-refractivity contribution in [3.63, 3.8) is 0 Å². The van der Waals surface area contributed by atoms with E-state index in [2.05, 4.69) is 17.2 Å². The summed E-state index contributed by atoms with van der Waals surface area (Å²) < 4.78 is 5.29. The number of pyridine rings is 1. The van der Waals surface area contributed by atoms with Crippen LogP contribution in [-0.4, -0.2) is 24.1 Å². The number of rotatable bonds is 4. The summed E-state index contributed by atoms with van der Waals surface area (Å²) in [5.74, 6) is 0.228. The zero-order valence-electron chi connectivity index (χ0n) is 11.7. The largest absolute Gasteiger partial charge is 0.381 e. The van der Waals surface area contributed by atoms with Crippen LogP contribution in [0.1, 0.15) is 43.5 Å². The van der Waals surface area contributed by atoms with Gasteiger partial charge in [-0.25, -0.2) is 0 Å². The Morgan fingerprint density at radius 1 is 1.47 bits per heavy atom. The molecule has 1 atom stereocenters. The molecule has 0 aliphatic carbocycles. The van der Waals surface area contributed by atoms with E-state index in [1.165, 1.54) is 0 Å². The lowest BCUT2D eigenvalue weighted by molar-refractivity contribution is -0.128. The number of amides is 1. The number of hydrogen-bond donors (Lipinski definition) is 1. The quantitative estimate of drug-likeness (QED) is 0.906. The molecule has 4 heteroatoms. The van der Waals surface area contributed by atoms with Crippen molar-refractivity contribution < 1.29 is 9.53 Å². The third-order valence-corrected chi connectivity index (χ3v) is 3.61. The molecule has 0 radical (unpaired) electrons. The fraction of sp³-hybridized carbons (Fsp3) is 0.600. The van der Waals surface area contributed by atoms with E-state index in [1.807, 2.05) is 25.3 Å². The molecule has 104 valence electrons. The average molecular weight is 262 g/mol. The van der Waals surface area contributed by atoms with Crippen molar-refractivity contribution in [2.75, 3.05) is 13.2 Å². The van der Waals surface area contributed by atoms with Crippen LogP contribution in [0, 0.1) is 12.8 Å². The molecule has 1 aromatic rings. The molecule has 1 saturated heterocycles. The van der Waals surface area contributed by atoms with Gasteiger partial charge in [0.25, 0.3) is 0 Å². The molecule has 1 aromatic heterocycles. The first-order chi connectivity index (χ1) is 9.20. The maximum atomic E-state index is 12.2. The van der Waals surface area contributed by atoms with E-state index in [0.717, 1.165) is 30.5 Å². The van der Waals surface area contributed by atoms with E-state index in [9.17, 15) is 4.79 Å². The Balaban J connectivity index is 1.98. The van der Waals surface area contributed by atoms with E-state index in [1.54, 1.807) is 0 Å². The van der Waals surface area contributed by atoms with Gasteiger partial charge < -0.3 is 10.1 Å². The molecule has 0 aromatic carbocycles. The molecule has 19 heavy (non-hydrogen) atoms. The molecule has 0 spiro atoms. The third-order valence-electron chi connectivity index (χ3n) is 3.61. The Bertz CT molecular complexity index is 411. The van der Waals surface area contributed by atoms with Gasteiger partial charge in [0.2, 0.25) is 5.91 Å². The van der Waals surface area contributed by atoms with Gasteiger partial charge in [-0.05, 0) is 37.8 Å². The van der Waals surface area contributed by atoms with Gasteiger partial charge in [0.05, 0.1) is 11.7 Å². The minimum atomic E-state index is 0.0101. The van der Waals surface area contributed by atoms with Crippen LogP contribution in [0.2, 0.25) is 0 Å². The summed E-state index contributed by atoms with van der Waals surface area (Å²) in [6.45, 7) is 5.46. The molecule has 1 aliphatic rings. The number of carbonyl (C=O) groups excluding carboxylic acids is 1. The highest BCUT2D eigenvalue weighted by Crippen LogP contribution is 2.19. The Morgan fingerprint density at radius 2 is 2.21 bits per heavy atom. The normalized spacial score (nSPS) is 18.0. The average Bonchev–Trinajstić information content (AvgIpc) is 2.46. The fourth-order valence-electron chi connectivity index (χ4n) is 2.32. The molecule has 1 fully saturated rings. The van der Waals surface area contributed by atoms with Crippen LogP contribution in [0.15, 0.2) is 18.3 Å². The molecular formula is C15H22N2O2. The van der Waals surface area contributed by atoms with Crippen molar-refractivity contribution in [2.45, 2.75) is 39.2 Å². The number of carbonyl (C=O) groups is 1. The summed E-state index contributed by atoms with van der Waals surface area (Å²) in [4.78, 5) is 16.6. The molecule has 1 N–H and O–H groups in total. The zero-order valence-corrected chi connectivity index (χ0v) is 11.7.